The molecule has 212 valence electrons. The van der Waals surface area contributed by atoms with E-state index in [0.29, 0.717) is 37.4 Å². The molecule has 9 nitrogen and oxygen atoms in total. The zero-order chi connectivity index (χ0) is 28.4. The van der Waals surface area contributed by atoms with Crippen LogP contribution in [0.15, 0.2) is 60.8 Å². The lowest BCUT2D eigenvalue weighted by atomic mass is 9.79. The summed E-state index contributed by atoms with van der Waals surface area (Å²) in [4.78, 5) is 45.7. The Morgan fingerprint density at radius 1 is 1.02 bits per heavy atom. The minimum atomic E-state index is -0.662. The minimum Gasteiger partial charge on any atom is -0.335 e. The first kappa shape index (κ1) is 27.0. The van der Waals surface area contributed by atoms with E-state index in [2.05, 4.69) is 26.3 Å². The molecule has 1 spiro atoms. The van der Waals surface area contributed by atoms with Crippen molar-refractivity contribution in [3.63, 3.8) is 0 Å². The van der Waals surface area contributed by atoms with E-state index in [1.54, 1.807) is 11.1 Å². The van der Waals surface area contributed by atoms with Gasteiger partial charge in [-0.15, -0.1) is 0 Å². The number of fused-ring (bicyclic) bond motifs is 3. The third kappa shape index (κ3) is 5.41. The molecule has 6 rings (SSSR count). The van der Waals surface area contributed by atoms with Crippen molar-refractivity contribution in [2.24, 2.45) is 0 Å². The van der Waals surface area contributed by atoms with Gasteiger partial charge in [-0.2, -0.15) is 0 Å². The molecule has 4 amide bonds. The first-order chi connectivity index (χ1) is 19.9. The summed E-state index contributed by atoms with van der Waals surface area (Å²) in [6, 6.07) is 17.5. The van der Waals surface area contributed by atoms with Crippen LogP contribution >= 0.6 is 0 Å². The van der Waals surface area contributed by atoms with Gasteiger partial charge >= 0.3 is 6.03 Å². The van der Waals surface area contributed by atoms with Crippen molar-refractivity contribution in [3.05, 3.63) is 88.6 Å². The Balaban J connectivity index is 1.17. The molecule has 2 aromatic carbocycles. The van der Waals surface area contributed by atoms with Crippen molar-refractivity contribution < 1.29 is 14.4 Å². The van der Waals surface area contributed by atoms with E-state index < -0.39 is 5.41 Å². The Kier molecular flexibility index (Phi) is 7.45. The SMILES string of the molecule is CNCc1ccccc1CN(CC(=O)Nc1ccc2c(c1)CC1(C2)C(=O)Nc2ncccc21)C(=O)NC1CCCC1. The van der Waals surface area contributed by atoms with Gasteiger partial charge in [0, 0.05) is 36.6 Å². The lowest BCUT2D eigenvalue weighted by Crippen LogP contribution is -2.46. The molecule has 0 bridgehead atoms. The molecule has 41 heavy (non-hydrogen) atoms. The van der Waals surface area contributed by atoms with Crippen molar-refractivity contribution in [2.75, 3.05) is 24.2 Å². The summed E-state index contributed by atoms with van der Waals surface area (Å²) in [6.07, 6.45) is 7.00. The first-order valence-electron chi connectivity index (χ1n) is 14.4. The predicted molar refractivity (Wildman–Crippen MR) is 157 cm³/mol. The third-order valence-electron chi connectivity index (χ3n) is 8.62. The van der Waals surface area contributed by atoms with Crippen molar-refractivity contribution in [2.45, 2.75) is 63.1 Å². The van der Waals surface area contributed by atoms with Crippen LogP contribution in [0.1, 0.15) is 53.5 Å². The number of carbonyl (C=O) groups excluding carboxylic acids is 3. The van der Waals surface area contributed by atoms with Gasteiger partial charge in [-0.25, -0.2) is 9.78 Å². The maximum Gasteiger partial charge on any atom is 0.318 e. The standard InChI is InChI=1S/C32H36N6O3/c1-33-18-22-7-2-3-8-23(22)19-38(31(41)36-25-9-4-5-10-25)20-28(39)35-26-13-12-21-16-32(17-24(21)15-26)27-11-6-14-34-29(27)37-30(32)40/h2-3,6-8,11-15,25,33H,4-5,9-10,16-20H2,1H3,(H,35,39)(H,36,41)(H,34,37,40). The summed E-state index contributed by atoms with van der Waals surface area (Å²) in [5.74, 6) is 0.333. The number of anilines is 2. The number of hydrogen-bond donors (Lipinski definition) is 4. The van der Waals surface area contributed by atoms with Crippen molar-refractivity contribution >= 4 is 29.4 Å². The summed E-state index contributed by atoms with van der Waals surface area (Å²) in [5, 5.41) is 12.3. The molecule has 1 aromatic heterocycles. The first-order valence-corrected chi connectivity index (χ1v) is 14.4. The van der Waals surface area contributed by atoms with Gasteiger partial charge < -0.3 is 26.2 Å². The Labute approximate surface area is 240 Å². The van der Waals surface area contributed by atoms with Crippen LogP contribution in [0.25, 0.3) is 0 Å². The smallest absolute Gasteiger partial charge is 0.318 e. The number of rotatable bonds is 8. The monoisotopic (exact) mass is 552 g/mol. The largest absolute Gasteiger partial charge is 0.335 e. The summed E-state index contributed by atoms with van der Waals surface area (Å²) in [5.41, 5.74) is 5.14. The van der Waals surface area contributed by atoms with E-state index in [1.807, 2.05) is 61.6 Å². The molecule has 3 aliphatic rings. The number of carbonyl (C=O) groups is 3. The quantitative estimate of drug-likeness (QED) is 0.339. The highest BCUT2D eigenvalue weighted by atomic mass is 16.2. The fourth-order valence-corrected chi connectivity index (χ4v) is 6.53. The Bertz CT molecular complexity index is 1480. The molecule has 1 saturated carbocycles. The van der Waals surface area contributed by atoms with Crippen LogP contribution < -0.4 is 21.3 Å². The Morgan fingerprint density at radius 3 is 2.61 bits per heavy atom. The van der Waals surface area contributed by atoms with Crippen molar-refractivity contribution in [1.82, 2.24) is 20.5 Å². The summed E-state index contributed by atoms with van der Waals surface area (Å²) in [6.45, 7) is 0.934. The molecule has 0 radical (unpaired) electrons. The molecular weight excluding hydrogens is 516 g/mol. The van der Waals surface area contributed by atoms with Crippen LogP contribution in [0.2, 0.25) is 0 Å². The van der Waals surface area contributed by atoms with Crippen LogP contribution in [0, 0.1) is 0 Å². The fourth-order valence-electron chi connectivity index (χ4n) is 6.53. The van der Waals surface area contributed by atoms with E-state index in [4.69, 9.17) is 0 Å². The maximum absolute atomic E-state index is 13.4. The van der Waals surface area contributed by atoms with Crippen LogP contribution in [-0.4, -0.2) is 47.4 Å². The highest BCUT2D eigenvalue weighted by Gasteiger charge is 2.51. The molecule has 1 atom stereocenters. The summed E-state index contributed by atoms with van der Waals surface area (Å²) in [7, 11) is 1.89. The van der Waals surface area contributed by atoms with Crippen LogP contribution in [0.4, 0.5) is 16.3 Å². The maximum atomic E-state index is 13.4. The molecule has 1 fully saturated rings. The third-order valence-corrected chi connectivity index (χ3v) is 8.62. The second kappa shape index (κ2) is 11.3. The second-order valence-electron chi connectivity index (χ2n) is 11.4. The van der Waals surface area contributed by atoms with E-state index >= 15 is 0 Å². The van der Waals surface area contributed by atoms with Gasteiger partial charge in [0.15, 0.2) is 0 Å². The van der Waals surface area contributed by atoms with Crippen LogP contribution in [0.5, 0.6) is 0 Å². The van der Waals surface area contributed by atoms with Crippen molar-refractivity contribution in [1.29, 1.82) is 0 Å². The lowest BCUT2D eigenvalue weighted by molar-refractivity contribution is -0.120. The van der Waals surface area contributed by atoms with Gasteiger partial charge in [-0.1, -0.05) is 49.2 Å². The topological polar surface area (TPSA) is 115 Å². The molecule has 2 heterocycles. The number of amides is 4. The van der Waals surface area contributed by atoms with Gasteiger partial charge in [0.2, 0.25) is 11.8 Å². The van der Waals surface area contributed by atoms with Crippen LogP contribution in [-0.2, 0) is 40.9 Å². The molecule has 1 aliphatic heterocycles. The highest BCUT2D eigenvalue weighted by molar-refractivity contribution is 6.06. The molecule has 4 N–H and O–H groups in total. The predicted octanol–water partition coefficient (Wildman–Crippen LogP) is 3.88. The molecular formula is C32H36N6O3. The minimum absolute atomic E-state index is 0.0320. The van der Waals surface area contributed by atoms with Gasteiger partial charge in [-0.05, 0) is 73.2 Å². The van der Waals surface area contributed by atoms with Gasteiger partial charge in [0.25, 0.3) is 0 Å². The van der Waals surface area contributed by atoms with E-state index in [1.165, 1.54) is 0 Å². The fraction of sp³-hybridized carbons (Fsp3) is 0.375. The molecule has 2 aliphatic carbocycles. The highest BCUT2D eigenvalue weighted by Crippen LogP contribution is 2.46. The van der Waals surface area contributed by atoms with Gasteiger partial charge in [0.05, 0.1) is 5.41 Å². The number of aromatic nitrogens is 1. The Hall–Kier alpha value is -4.24. The number of nitrogens with zero attached hydrogens (tertiary/aromatic N) is 2. The van der Waals surface area contributed by atoms with Crippen LogP contribution in [0.3, 0.4) is 0 Å². The molecule has 3 aromatic rings. The Morgan fingerprint density at radius 2 is 1.80 bits per heavy atom. The zero-order valence-electron chi connectivity index (χ0n) is 23.3. The van der Waals surface area contributed by atoms with E-state index in [0.717, 1.165) is 53.5 Å². The lowest BCUT2D eigenvalue weighted by Gasteiger charge is -2.26. The van der Waals surface area contributed by atoms with Gasteiger partial charge in [0.1, 0.15) is 12.4 Å². The number of hydrogen-bond acceptors (Lipinski definition) is 5. The average molecular weight is 553 g/mol. The molecule has 1 unspecified atom stereocenters. The number of benzene rings is 2. The zero-order valence-corrected chi connectivity index (χ0v) is 23.3. The number of nitrogens with one attached hydrogen (secondary N) is 4. The number of pyridine rings is 1. The van der Waals surface area contributed by atoms with Gasteiger partial charge in [-0.3, -0.25) is 9.59 Å². The normalized spacial score (nSPS) is 19.1. The second-order valence-corrected chi connectivity index (χ2v) is 11.4. The van der Waals surface area contributed by atoms with Crippen molar-refractivity contribution in [3.8, 4) is 0 Å². The molecule has 0 saturated heterocycles. The average Bonchev–Trinajstić information content (AvgIpc) is 3.68. The summed E-state index contributed by atoms with van der Waals surface area (Å²) >= 11 is 0. The molecule has 9 heteroatoms. The summed E-state index contributed by atoms with van der Waals surface area (Å²) < 4.78 is 0. The van der Waals surface area contributed by atoms with E-state index in [-0.39, 0.29) is 30.4 Å². The van der Waals surface area contributed by atoms with E-state index in [9.17, 15) is 14.4 Å². The number of urea groups is 1.